The molecule has 0 saturated heterocycles. The van der Waals surface area contributed by atoms with Crippen LogP contribution in [0.3, 0.4) is 0 Å². The average molecular weight is 613 g/mol. The van der Waals surface area contributed by atoms with Gasteiger partial charge in [-0.1, -0.05) is 51.1 Å². The van der Waals surface area contributed by atoms with Crippen LogP contribution < -0.4 is 0 Å². The Bertz CT molecular complexity index is 907. The predicted molar refractivity (Wildman–Crippen MR) is 164 cm³/mol. The zero-order chi connectivity index (χ0) is 31.7. The number of hydrogen-bond acceptors (Lipinski definition) is 10. The zero-order valence-electron chi connectivity index (χ0n) is 27.3. The average Bonchev–Trinajstić information content (AvgIpc) is 2.99. The Hall–Kier alpha value is -1.44. The number of aliphatic hydroxyl groups is 2. The molecule has 0 fully saturated rings. The van der Waals surface area contributed by atoms with E-state index >= 15 is 0 Å². The van der Waals surface area contributed by atoms with Gasteiger partial charge in [0.05, 0.1) is 50.8 Å². The van der Waals surface area contributed by atoms with E-state index in [9.17, 15) is 10.2 Å². The van der Waals surface area contributed by atoms with Crippen LogP contribution in [-0.4, -0.2) is 109 Å². The summed E-state index contributed by atoms with van der Waals surface area (Å²) in [7, 11) is 4.79. The Labute approximate surface area is 258 Å². The first-order chi connectivity index (χ1) is 20.7. The molecule has 0 spiro atoms. The van der Waals surface area contributed by atoms with Gasteiger partial charge in [-0.2, -0.15) is 0 Å². The summed E-state index contributed by atoms with van der Waals surface area (Å²) in [5.41, 5.74) is 2.41. The van der Waals surface area contributed by atoms with Gasteiger partial charge in [-0.25, -0.2) is 0 Å². The molecular weight excluding hydrogens is 556 g/mol. The number of rotatable bonds is 16. The lowest BCUT2D eigenvalue weighted by Crippen LogP contribution is -2.41. The van der Waals surface area contributed by atoms with Gasteiger partial charge in [0, 0.05) is 51.9 Å². The van der Waals surface area contributed by atoms with Crippen LogP contribution in [0.25, 0.3) is 0 Å². The maximum Gasteiger partial charge on any atom is 0.146 e. The molecule has 10 nitrogen and oxygen atoms in total. The molecule has 1 aromatic rings. The lowest BCUT2D eigenvalue weighted by Gasteiger charge is -2.35. The van der Waals surface area contributed by atoms with E-state index in [0.29, 0.717) is 32.7 Å². The quantitative estimate of drug-likeness (QED) is 0.161. The summed E-state index contributed by atoms with van der Waals surface area (Å²) in [6.45, 7) is 10.2. The summed E-state index contributed by atoms with van der Waals surface area (Å²) >= 11 is 0. The molecule has 0 aliphatic carbocycles. The van der Waals surface area contributed by atoms with E-state index in [1.165, 1.54) is 0 Å². The second kappa shape index (κ2) is 20.6. The van der Waals surface area contributed by atoms with Gasteiger partial charge in [0.1, 0.15) is 26.5 Å². The molecule has 2 bridgehead atoms. The van der Waals surface area contributed by atoms with Crippen LogP contribution in [0.4, 0.5) is 0 Å². The van der Waals surface area contributed by atoms with E-state index in [-0.39, 0.29) is 39.3 Å². The molecule has 0 amide bonds. The lowest BCUT2D eigenvalue weighted by molar-refractivity contribution is -0.176. The van der Waals surface area contributed by atoms with Crippen LogP contribution in [0.15, 0.2) is 35.9 Å². The molecule has 1 heterocycles. The highest BCUT2D eigenvalue weighted by Gasteiger charge is 2.34. The van der Waals surface area contributed by atoms with E-state index in [0.717, 1.165) is 23.1 Å². The minimum atomic E-state index is -0.793. The fraction of sp³-hybridized carbons (Fsp3) is 0.758. The molecule has 1 unspecified atom stereocenters. The minimum Gasteiger partial charge on any atom is -0.393 e. The van der Waals surface area contributed by atoms with E-state index in [1.54, 1.807) is 21.3 Å². The predicted octanol–water partition coefficient (Wildman–Crippen LogP) is 4.00. The van der Waals surface area contributed by atoms with Crippen LogP contribution in [0.2, 0.25) is 0 Å². The van der Waals surface area contributed by atoms with Gasteiger partial charge >= 0.3 is 0 Å². The molecule has 10 heteroatoms. The SMILES string of the molecule is CC[C@H](/C=C(/C)C1C[C@@H](O)C[C@H](O)C(C)(C)c2cccc(c2)C[C@@H](OCOC)[C@H](OCOC)CO1)COCOCCOC. The summed E-state index contributed by atoms with van der Waals surface area (Å²) < 4.78 is 45.4. The molecule has 2 rings (SSSR count). The van der Waals surface area contributed by atoms with Crippen molar-refractivity contribution in [3.63, 3.8) is 0 Å². The van der Waals surface area contributed by atoms with E-state index in [1.807, 2.05) is 39.0 Å². The summed E-state index contributed by atoms with van der Waals surface area (Å²) in [6, 6.07) is 8.13. The number of benzene rings is 1. The maximum atomic E-state index is 11.3. The van der Waals surface area contributed by atoms with Crippen molar-refractivity contribution < 1.29 is 48.1 Å². The van der Waals surface area contributed by atoms with Crippen molar-refractivity contribution in [2.75, 3.05) is 68.1 Å². The Morgan fingerprint density at radius 3 is 2.37 bits per heavy atom. The fourth-order valence-corrected chi connectivity index (χ4v) is 5.11. The third-order valence-corrected chi connectivity index (χ3v) is 8.06. The summed E-state index contributed by atoms with van der Waals surface area (Å²) in [5, 5.41) is 22.5. The minimum absolute atomic E-state index is 0.0734. The molecular formula is C33H56O10. The molecule has 1 aliphatic heterocycles. The highest BCUT2D eigenvalue weighted by Crippen LogP contribution is 2.32. The summed E-state index contributed by atoms with van der Waals surface area (Å²) in [5.74, 6) is 0.132. The van der Waals surface area contributed by atoms with Crippen molar-refractivity contribution in [3.05, 3.63) is 47.0 Å². The molecule has 1 aromatic carbocycles. The van der Waals surface area contributed by atoms with Crippen molar-refractivity contribution >= 4 is 0 Å². The molecule has 6 atom stereocenters. The van der Waals surface area contributed by atoms with Crippen molar-refractivity contribution in [1.29, 1.82) is 0 Å². The monoisotopic (exact) mass is 612 g/mol. The Morgan fingerprint density at radius 2 is 1.70 bits per heavy atom. The van der Waals surface area contributed by atoms with Gasteiger partial charge < -0.3 is 48.1 Å². The Balaban J connectivity index is 2.35. The smallest absolute Gasteiger partial charge is 0.146 e. The highest BCUT2D eigenvalue weighted by atomic mass is 16.7. The van der Waals surface area contributed by atoms with Crippen molar-refractivity contribution in [3.8, 4) is 0 Å². The normalized spacial score (nSPS) is 26.2. The second-order valence-electron chi connectivity index (χ2n) is 11.8. The second-order valence-corrected chi connectivity index (χ2v) is 11.8. The zero-order valence-corrected chi connectivity index (χ0v) is 27.3. The van der Waals surface area contributed by atoms with Crippen LogP contribution in [0.1, 0.15) is 58.1 Å². The fourth-order valence-electron chi connectivity index (χ4n) is 5.11. The number of aliphatic hydroxyl groups excluding tert-OH is 2. The summed E-state index contributed by atoms with van der Waals surface area (Å²) in [4.78, 5) is 0. The molecule has 43 heavy (non-hydrogen) atoms. The van der Waals surface area contributed by atoms with E-state index in [4.69, 9.17) is 37.9 Å². The molecule has 0 radical (unpaired) electrons. The Morgan fingerprint density at radius 1 is 0.977 bits per heavy atom. The van der Waals surface area contributed by atoms with Crippen molar-refractivity contribution in [2.24, 2.45) is 5.92 Å². The first-order valence-corrected chi connectivity index (χ1v) is 15.3. The third-order valence-electron chi connectivity index (χ3n) is 8.06. The standard InChI is InChI=1S/C33H56O10/c1-8-25(19-40-23-39-13-12-36-5)14-24(2)29-17-28(34)18-32(35)33(3,4)27-11-9-10-26(15-27)16-30(42-21-37-6)31(20-41-29)43-22-38-7/h9-11,14-15,25,28-32,34-35H,8,12-13,16-23H2,1-7H3/b24-14-/t25-,28-,29?,30-,31-,32+/m1/s1. The topological polar surface area (TPSA) is 114 Å². The van der Waals surface area contributed by atoms with E-state index in [2.05, 4.69) is 19.1 Å². The van der Waals surface area contributed by atoms with Gasteiger partial charge in [-0.15, -0.1) is 0 Å². The number of ether oxygens (including phenoxy) is 8. The highest BCUT2D eigenvalue weighted by molar-refractivity contribution is 5.31. The largest absolute Gasteiger partial charge is 0.393 e. The van der Waals surface area contributed by atoms with Gasteiger partial charge in [-0.3, -0.25) is 0 Å². The Kier molecular flexibility index (Phi) is 18.1. The first-order valence-electron chi connectivity index (χ1n) is 15.3. The van der Waals surface area contributed by atoms with Gasteiger partial charge in [0.2, 0.25) is 0 Å². The van der Waals surface area contributed by atoms with Gasteiger partial charge in [0.15, 0.2) is 0 Å². The number of hydrogen-bond donors (Lipinski definition) is 2. The molecule has 1 aliphatic rings. The number of methoxy groups -OCH3 is 3. The molecule has 2 N–H and O–H groups in total. The van der Waals surface area contributed by atoms with E-state index < -0.39 is 35.9 Å². The number of fused-ring (bicyclic) bond motifs is 2. The van der Waals surface area contributed by atoms with Crippen molar-refractivity contribution in [2.45, 2.75) is 89.3 Å². The van der Waals surface area contributed by atoms with Crippen LogP contribution in [0, 0.1) is 5.92 Å². The van der Waals surface area contributed by atoms with Crippen LogP contribution >= 0.6 is 0 Å². The van der Waals surface area contributed by atoms with Crippen LogP contribution in [0.5, 0.6) is 0 Å². The van der Waals surface area contributed by atoms with Crippen molar-refractivity contribution in [1.82, 2.24) is 0 Å². The lowest BCUT2D eigenvalue weighted by atomic mass is 9.76. The molecule has 0 saturated carbocycles. The third kappa shape index (κ3) is 13.2. The van der Waals surface area contributed by atoms with Gasteiger partial charge in [0.25, 0.3) is 0 Å². The maximum absolute atomic E-state index is 11.3. The van der Waals surface area contributed by atoms with Gasteiger partial charge in [-0.05, 0) is 30.0 Å². The summed E-state index contributed by atoms with van der Waals surface area (Å²) in [6.07, 6.45) is 1.23. The molecule has 248 valence electrons. The molecule has 0 aromatic heterocycles. The first kappa shape index (κ1) is 37.7. The van der Waals surface area contributed by atoms with Crippen LogP contribution in [-0.2, 0) is 49.7 Å².